The summed E-state index contributed by atoms with van der Waals surface area (Å²) in [5, 5.41) is 1.38. The van der Waals surface area contributed by atoms with Gasteiger partial charge >= 0.3 is 0 Å². The quantitative estimate of drug-likeness (QED) is 0.179. The van der Waals surface area contributed by atoms with Crippen LogP contribution >= 0.6 is 0 Å². The molecule has 0 unspecified atom stereocenters. The number of benzene rings is 8. The van der Waals surface area contributed by atoms with Gasteiger partial charge in [-0.1, -0.05) is 145 Å². The minimum Gasteiger partial charge on any atom is -0.456 e. The van der Waals surface area contributed by atoms with Crippen molar-refractivity contribution in [3.63, 3.8) is 0 Å². The van der Waals surface area contributed by atoms with Gasteiger partial charge in [0.15, 0.2) is 17.5 Å². The van der Waals surface area contributed by atoms with Crippen LogP contribution in [-0.2, 0) is 0 Å². The molecule has 54 heavy (non-hydrogen) atoms. The Balaban J connectivity index is 1.11. The Morgan fingerprint density at radius 3 is 1.89 bits per heavy atom. The molecule has 0 amide bonds. The molecule has 0 aliphatic heterocycles. The molecule has 0 aliphatic rings. The summed E-state index contributed by atoms with van der Waals surface area (Å²) in [6.45, 7) is 0. The fraction of sp³-hybridized carbons (Fsp3) is 0. The summed E-state index contributed by atoms with van der Waals surface area (Å²) in [7, 11) is 0. The Kier molecular flexibility index (Phi) is 4.90. The van der Waals surface area contributed by atoms with E-state index in [1.807, 2.05) is 109 Å². The van der Waals surface area contributed by atoms with E-state index in [4.69, 9.17) is 33.1 Å². The highest BCUT2D eigenvalue weighted by atomic mass is 16.3. The van der Waals surface area contributed by atoms with Crippen molar-refractivity contribution < 1.29 is 18.1 Å². The monoisotopic (exact) mass is 700 g/mol. The maximum Gasteiger partial charge on any atom is 0.164 e. The summed E-state index contributed by atoms with van der Waals surface area (Å²) >= 11 is 0. The first-order valence-electron chi connectivity index (χ1n) is 22.3. The van der Waals surface area contributed by atoms with E-state index in [2.05, 4.69) is 0 Å². The molecule has 0 bridgehead atoms. The largest absolute Gasteiger partial charge is 0.456 e. The van der Waals surface area contributed by atoms with Crippen LogP contribution in [0.3, 0.4) is 0 Å². The van der Waals surface area contributed by atoms with E-state index in [0.717, 1.165) is 38.6 Å². The second-order valence-corrected chi connectivity index (χ2v) is 12.9. The van der Waals surface area contributed by atoms with Crippen LogP contribution in [0.5, 0.6) is 0 Å². The summed E-state index contributed by atoms with van der Waals surface area (Å²) in [4.78, 5) is 14.8. The Morgan fingerprint density at radius 1 is 0.463 bits per heavy atom. The van der Waals surface area contributed by atoms with Crippen LogP contribution < -0.4 is 0 Å². The molecule has 252 valence electrons. The number of fused-ring (bicyclic) bond motifs is 8. The molecule has 0 fully saturated rings. The molecular weight excluding hydrogens is 661 g/mol. The first kappa shape index (κ1) is 21.9. The zero-order valence-electron chi connectivity index (χ0n) is 38.2. The smallest absolute Gasteiger partial charge is 0.164 e. The molecule has 8 aromatic carbocycles. The van der Waals surface area contributed by atoms with E-state index in [-0.39, 0.29) is 32.6 Å². The molecule has 11 rings (SSSR count). The number of nitrogens with zero attached hydrogens (tertiary/aromatic N) is 4. The van der Waals surface area contributed by atoms with Crippen molar-refractivity contribution in [2.24, 2.45) is 0 Å². The standard InChI is InChI=1S/C49H30N4O/c1-3-13-33(14-4-1)47-50-48(34-15-5-2-6-16-34)52-49(51-47)40-19-11-21-44-45(40)41-30-35(25-29-43(41)54-44)31-22-26-36(27-23-31)53-42-20-10-9-18-38(42)39-28-24-32-12-7-8-17-37(32)46(39)53/h1-30H/i7D,8D,9D,10D,12D,17D,18D,20D,24D,28D. The van der Waals surface area contributed by atoms with Gasteiger partial charge in [0, 0.05) is 49.3 Å². The third kappa shape index (κ3) is 4.83. The van der Waals surface area contributed by atoms with Gasteiger partial charge in [-0.05, 0) is 52.9 Å². The second kappa shape index (κ2) is 12.1. The maximum absolute atomic E-state index is 9.11. The van der Waals surface area contributed by atoms with E-state index in [1.165, 1.54) is 4.57 Å². The predicted molar refractivity (Wildman–Crippen MR) is 221 cm³/mol. The number of hydrogen-bond acceptors (Lipinski definition) is 4. The van der Waals surface area contributed by atoms with Crippen LogP contribution in [-0.4, -0.2) is 19.5 Å². The molecule has 0 saturated heterocycles. The topological polar surface area (TPSA) is 56.7 Å². The molecule has 3 aromatic heterocycles. The molecular formula is C49H30N4O. The Labute approximate surface area is 324 Å². The number of hydrogen-bond donors (Lipinski definition) is 0. The van der Waals surface area contributed by atoms with Crippen molar-refractivity contribution in [2.45, 2.75) is 0 Å². The van der Waals surface area contributed by atoms with Crippen LogP contribution in [0.2, 0.25) is 0 Å². The van der Waals surface area contributed by atoms with Crippen LogP contribution in [0.25, 0.3) is 105 Å². The fourth-order valence-corrected chi connectivity index (χ4v) is 7.25. The summed E-state index contributed by atoms with van der Waals surface area (Å²) in [5.74, 6) is 1.54. The molecule has 3 heterocycles. The van der Waals surface area contributed by atoms with Gasteiger partial charge in [0.05, 0.1) is 24.7 Å². The SMILES string of the molecule is [2H]c1c([2H])c([2H])c2c(c1[2H])c([2H])c([2H])c1c3c([2H])c([2H])c([2H])c([2H])c3n(-c3ccc(-c4ccc5oc6cccc(-c7nc(-c8ccccc8)nc(-c8ccccc8)n7)c6c5c4)cc3)c21. The van der Waals surface area contributed by atoms with E-state index in [0.29, 0.717) is 34.3 Å². The van der Waals surface area contributed by atoms with Gasteiger partial charge in [0.2, 0.25) is 0 Å². The molecule has 0 radical (unpaired) electrons. The minimum absolute atomic E-state index is 0.00773. The highest BCUT2D eigenvalue weighted by Crippen LogP contribution is 2.40. The third-order valence-electron chi connectivity index (χ3n) is 9.73. The maximum atomic E-state index is 9.11. The average Bonchev–Trinajstić information content (AvgIpc) is 3.89. The number of rotatable bonds is 5. The summed E-state index contributed by atoms with van der Waals surface area (Å²) in [5.41, 5.74) is 5.88. The van der Waals surface area contributed by atoms with Crippen molar-refractivity contribution in [3.8, 4) is 51.0 Å². The highest BCUT2D eigenvalue weighted by molar-refractivity contribution is 6.18. The lowest BCUT2D eigenvalue weighted by Crippen LogP contribution is -2.00. The molecule has 5 heteroatoms. The molecule has 0 N–H and O–H groups in total. The minimum atomic E-state index is -0.558. The molecule has 0 aliphatic carbocycles. The van der Waals surface area contributed by atoms with Crippen LogP contribution in [0.15, 0.2) is 186 Å². The van der Waals surface area contributed by atoms with Gasteiger partial charge in [-0.2, -0.15) is 0 Å². The van der Waals surface area contributed by atoms with Crippen molar-refractivity contribution in [2.75, 3.05) is 0 Å². The lowest BCUT2D eigenvalue weighted by Gasteiger charge is -2.11. The van der Waals surface area contributed by atoms with Gasteiger partial charge in [0.1, 0.15) is 11.2 Å². The molecule has 11 aromatic rings. The van der Waals surface area contributed by atoms with Gasteiger partial charge < -0.3 is 8.98 Å². The Hall–Kier alpha value is -7.37. The second-order valence-electron chi connectivity index (χ2n) is 12.9. The van der Waals surface area contributed by atoms with Crippen LogP contribution in [0.4, 0.5) is 0 Å². The van der Waals surface area contributed by atoms with Crippen molar-refractivity contribution in [3.05, 3.63) is 182 Å². The van der Waals surface area contributed by atoms with E-state index < -0.39 is 60.4 Å². The molecule has 0 saturated carbocycles. The first-order chi connectivity index (χ1) is 30.9. The highest BCUT2D eigenvalue weighted by Gasteiger charge is 2.19. The van der Waals surface area contributed by atoms with Gasteiger partial charge in [0.25, 0.3) is 0 Å². The van der Waals surface area contributed by atoms with Gasteiger partial charge in [-0.3, -0.25) is 0 Å². The Bertz CT molecular complexity index is 3720. The van der Waals surface area contributed by atoms with Crippen LogP contribution in [0, 0.1) is 0 Å². The summed E-state index contributed by atoms with van der Waals surface area (Å²) in [6, 6.07) is 33.6. The van der Waals surface area contributed by atoms with Crippen molar-refractivity contribution >= 4 is 54.5 Å². The average molecular weight is 701 g/mol. The molecule has 0 spiro atoms. The molecule has 0 atom stereocenters. The van der Waals surface area contributed by atoms with Gasteiger partial charge in [-0.15, -0.1) is 0 Å². The zero-order valence-corrected chi connectivity index (χ0v) is 28.2. The lowest BCUT2D eigenvalue weighted by atomic mass is 10.00. The molecule has 5 nitrogen and oxygen atoms in total. The van der Waals surface area contributed by atoms with Crippen LogP contribution in [0.1, 0.15) is 13.7 Å². The summed E-state index contributed by atoms with van der Waals surface area (Å²) in [6.07, 6.45) is 0. The van der Waals surface area contributed by atoms with E-state index in [1.54, 1.807) is 12.1 Å². The lowest BCUT2D eigenvalue weighted by molar-refractivity contribution is 0.669. The number of para-hydroxylation sites is 1. The van der Waals surface area contributed by atoms with Crippen molar-refractivity contribution in [1.29, 1.82) is 0 Å². The van der Waals surface area contributed by atoms with Gasteiger partial charge in [-0.25, -0.2) is 15.0 Å². The zero-order chi connectivity index (χ0) is 44.3. The van der Waals surface area contributed by atoms with Crippen molar-refractivity contribution in [1.82, 2.24) is 19.5 Å². The Morgan fingerprint density at radius 2 is 1.13 bits per heavy atom. The predicted octanol–water partition coefficient (Wildman–Crippen LogP) is 12.7. The normalized spacial score (nSPS) is 14.3. The summed E-state index contributed by atoms with van der Waals surface area (Å²) < 4.78 is 95.6. The number of furan rings is 1. The van der Waals surface area contributed by atoms with E-state index >= 15 is 0 Å². The van der Waals surface area contributed by atoms with E-state index in [9.17, 15) is 0 Å². The fourth-order valence-electron chi connectivity index (χ4n) is 7.25. The third-order valence-corrected chi connectivity index (χ3v) is 9.73. The number of aromatic nitrogens is 4. The first-order valence-corrected chi connectivity index (χ1v) is 17.3.